The second-order valence-corrected chi connectivity index (χ2v) is 9.03. The van der Waals surface area contributed by atoms with Crippen LogP contribution in [-0.4, -0.2) is 45.7 Å². The van der Waals surface area contributed by atoms with Crippen molar-refractivity contribution in [1.29, 1.82) is 0 Å². The molecule has 4 atom stereocenters. The maximum Gasteiger partial charge on any atom is 0.352 e. The van der Waals surface area contributed by atoms with Gasteiger partial charge in [0.15, 0.2) is 0 Å². The number of β-lactam (4-membered cyclic amide) rings is 1. The van der Waals surface area contributed by atoms with E-state index in [-0.39, 0.29) is 30.2 Å². The molecule has 0 spiro atoms. The molecule has 3 heterocycles. The van der Waals surface area contributed by atoms with Crippen LogP contribution >= 0.6 is 11.3 Å². The molecule has 0 unspecified atom stereocenters. The van der Waals surface area contributed by atoms with E-state index in [2.05, 4.69) is 12.1 Å². The molecule has 0 saturated carbocycles. The summed E-state index contributed by atoms with van der Waals surface area (Å²) < 4.78 is 8.43. The Labute approximate surface area is 177 Å². The monoisotopic (exact) mass is 423 g/mol. The molecule has 1 aromatic heterocycles. The van der Waals surface area contributed by atoms with Crippen molar-refractivity contribution in [2.24, 2.45) is 11.8 Å². The number of hydrogen-bond donors (Lipinski definition) is 2. The molecule has 0 radical (unpaired) electrons. The Kier molecular flexibility index (Phi) is 4.34. The minimum absolute atomic E-state index is 0.00301. The highest BCUT2D eigenvalue weighted by atomic mass is 32.1. The first-order valence-electron chi connectivity index (χ1n) is 9.90. The van der Waals surface area contributed by atoms with E-state index in [1.54, 1.807) is 18.3 Å². The lowest BCUT2D eigenvalue weighted by Crippen LogP contribution is -2.63. The molecule has 1 amide bonds. The Balaban J connectivity index is 1.51. The summed E-state index contributed by atoms with van der Waals surface area (Å²) in [7, 11) is 0. The Morgan fingerprint density at radius 1 is 1.20 bits per heavy atom. The molecule has 154 valence electrons. The van der Waals surface area contributed by atoms with Crippen LogP contribution in [0, 0.1) is 11.8 Å². The number of nitrogens with zero attached hydrogens (tertiary/aromatic N) is 1. The largest absolute Gasteiger partial charge is 0.488 e. The molecule has 2 aliphatic rings. The number of benzene rings is 2. The smallest absolute Gasteiger partial charge is 0.352 e. The van der Waals surface area contributed by atoms with E-state index in [1.807, 2.05) is 37.3 Å². The van der Waals surface area contributed by atoms with Gasteiger partial charge in [-0.25, -0.2) is 4.79 Å². The Morgan fingerprint density at radius 3 is 2.67 bits per heavy atom. The minimum Gasteiger partial charge on any atom is -0.488 e. The van der Waals surface area contributed by atoms with Gasteiger partial charge in [0.2, 0.25) is 5.91 Å². The van der Waals surface area contributed by atoms with Crippen LogP contribution in [0.3, 0.4) is 0 Å². The standard InChI is InChI=1S/C23H21NO5S/c1-11-14(21(23(27)28)24-20(11)18(12(2)25)22(24)26)10-29-15-7-5-9-17-19(15)13-6-3-4-8-16(13)30-17/h3-9,11-12,18,20,25H,10H2,1-2H3,(H,27,28)/t11-,12+,18+,20+/m0/s1. The fraction of sp³-hybridized carbons (Fsp3) is 0.304. The molecule has 30 heavy (non-hydrogen) atoms. The number of amides is 1. The normalized spacial score (nSPS) is 24.3. The molecule has 5 rings (SSSR count). The number of aliphatic carboxylic acids is 1. The van der Waals surface area contributed by atoms with Crippen LogP contribution in [0.4, 0.5) is 0 Å². The van der Waals surface area contributed by atoms with E-state index in [4.69, 9.17) is 4.74 Å². The molecule has 2 aromatic carbocycles. The van der Waals surface area contributed by atoms with Crippen molar-refractivity contribution < 1.29 is 24.5 Å². The van der Waals surface area contributed by atoms with Crippen molar-refractivity contribution in [3.05, 3.63) is 53.7 Å². The quantitative estimate of drug-likeness (QED) is 0.612. The topological polar surface area (TPSA) is 87.1 Å². The summed E-state index contributed by atoms with van der Waals surface area (Å²) in [5, 5.41) is 21.9. The van der Waals surface area contributed by atoms with Crippen LogP contribution in [0.1, 0.15) is 13.8 Å². The lowest BCUT2D eigenvalue weighted by molar-refractivity contribution is -0.163. The predicted molar refractivity (Wildman–Crippen MR) is 114 cm³/mol. The molecule has 2 aliphatic heterocycles. The second kappa shape index (κ2) is 6.82. The third-order valence-corrected chi connectivity index (χ3v) is 7.40. The number of hydrogen-bond acceptors (Lipinski definition) is 5. The van der Waals surface area contributed by atoms with Crippen LogP contribution in [0.15, 0.2) is 53.7 Å². The van der Waals surface area contributed by atoms with E-state index in [0.717, 1.165) is 20.2 Å². The number of aliphatic hydroxyl groups excluding tert-OH is 1. The fourth-order valence-corrected chi connectivity index (χ4v) is 5.98. The highest BCUT2D eigenvalue weighted by Gasteiger charge is 2.59. The number of aliphatic hydroxyl groups is 1. The summed E-state index contributed by atoms with van der Waals surface area (Å²) in [5.41, 5.74) is 0.581. The zero-order valence-electron chi connectivity index (χ0n) is 16.5. The third-order valence-electron chi connectivity index (χ3n) is 6.27. The molecular weight excluding hydrogens is 402 g/mol. The Hall–Kier alpha value is -2.90. The highest BCUT2D eigenvalue weighted by Crippen LogP contribution is 2.47. The van der Waals surface area contributed by atoms with Gasteiger partial charge in [0.05, 0.1) is 18.1 Å². The van der Waals surface area contributed by atoms with Gasteiger partial charge in [-0.3, -0.25) is 4.79 Å². The lowest BCUT2D eigenvalue weighted by atomic mass is 9.78. The van der Waals surface area contributed by atoms with E-state index in [1.165, 1.54) is 4.90 Å². The minimum atomic E-state index is -1.14. The number of thiophene rings is 1. The van der Waals surface area contributed by atoms with Crippen molar-refractivity contribution in [1.82, 2.24) is 4.90 Å². The van der Waals surface area contributed by atoms with Gasteiger partial charge < -0.3 is 19.8 Å². The van der Waals surface area contributed by atoms with Gasteiger partial charge in [-0.2, -0.15) is 0 Å². The van der Waals surface area contributed by atoms with Gasteiger partial charge in [-0.1, -0.05) is 31.2 Å². The van der Waals surface area contributed by atoms with E-state index in [0.29, 0.717) is 11.3 Å². The van der Waals surface area contributed by atoms with Crippen molar-refractivity contribution in [3.63, 3.8) is 0 Å². The number of carbonyl (C=O) groups excluding carboxylic acids is 1. The number of ether oxygens (including phenoxy) is 1. The zero-order valence-corrected chi connectivity index (χ0v) is 17.3. The van der Waals surface area contributed by atoms with Crippen LogP contribution in [0.2, 0.25) is 0 Å². The predicted octanol–water partition coefficient (Wildman–Crippen LogP) is 3.63. The maximum atomic E-state index is 12.5. The fourth-order valence-electron chi connectivity index (χ4n) is 4.85. The van der Waals surface area contributed by atoms with Crippen LogP contribution in [0.25, 0.3) is 20.2 Å². The van der Waals surface area contributed by atoms with Crippen LogP contribution < -0.4 is 4.74 Å². The first-order chi connectivity index (χ1) is 14.4. The number of carboxylic acids is 1. The summed E-state index contributed by atoms with van der Waals surface area (Å²) >= 11 is 1.69. The average Bonchev–Trinajstić information content (AvgIpc) is 3.20. The molecular formula is C23H21NO5S. The first-order valence-corrected chi connectivity index (χ1v) is 10.7. The summed E-state index contributed by atoms with van der Waals surface area (Å²) in [4.78, 5) is 25.8. The van der Waals surface area contributed by atoms with Gasteiger partial charge >= 0.3 is 5.97 Å². The van der Waals surface area contributed by atoms with Crippen molar-refractivity contribution >= 4 is 43.4 Å². The zero-order chi connectivity index (χ0) is 21.2. The van der Waals surface area contributed by atoms with Crippen molar-refractivity contribution in [3.8, 4) is 5.75 Å². The van der Waals surface area contributed by atoms with Crippen LogP contribution in [0.5, 0.6) is 5.75 Å². The lowest BCUT2D eigenvalue weighted by Gasteiger charge is -2.46. The van der Waals surface area contributed by atoms with Crippen molar-refractivity contribution in [2.75, 3.05) is 6.61 Å². The second-order valence-electron chi connectivity index (χ2n) is 7.95. The molecule has 0 bridgehead atoms. The number of fused-ring (bicyclic) bond motifs is 4. The van der Waals surface area contributed by atoms with E-state index < -0.39 is 18.0 Å². The molecule has 3 aromatic rings. The number of rotatable bonds is 5. The van der Waals surface area contributed by atoms with Gasteiger partial charge in [0, 0.05) is 31.7 Å². The third kappa shape index (κ3) is 2.58. The van der Waals surface area contributed by atoms with E-state index in [9.17, 15) is 19.8 Å². The molecule has 1 saturated heterocycles. The summed E-state index contributed by atoms with van der Waals surface area (Å²) in [5.74, 6) is -1.55. The van der Waals surface area contributed by atoms with Gasteiger partial charge in [-0.05, 0) is 25.1 Å². The number of carboxylic acid groups (broad SMARTS) is 1. The van der Waals surface area contributed by atoms with Crippen LogP contribution in [-0.2, 0) is 9.59 Å². The van der Waals surface area contributed by atoms with Gasteiger partial charge in [-0.15, -0.1) is 11.3 Å². The molecule has 1 fully saturated rings. The van der Waals surface area contributed by atoms with Crippen molar-refractivity contribution in [2.45, 2.75) is 26.0 Å². The Bertz CT molecular complexity index is 1230. The van der Waals surface area contributed by atoms with Gasteiger partial charge in [0.25, 0.3) is 0 Å². The maximum absolute atomic E-state index is 12.5. The average molecular weight is 423 g/mol. The molecule has 6 nitrogen and oxygen atoms in total. The molecule has 0 aliphatic carbocycles. The summed E-state index contributed by atoms with van der Waals surface area (Å²) in [6.45, 7) is 3.55. The van der Waals surface area contributed by atoms with Gasteiger partial charge in [0.1, 0.15) is 18.1 Å². The summed E-state index contributed by atoms with van der Waals surface area (Å²) in [6, 6.07) is 13.6. The summed E-state index contributed by atoms with van der Waals surface area (Å²) in [6.07, 6.45) is -0.817. The molecule has 7 heteroatoms. The molecule has 2 N–H and O–H groups in total. The van der Waals surface area contributed by atoms with E-state index >= 15 is 0 Å². The highest BCUT2D eigenvalue weighted by molar-refractivity contribution is 7.25. The first kappa shape index (κ1) is 19.1. The Morgan fingerprint density at radius 2 is 1.93 bits per heavy atom. The number of carbonyl (C=O) groups is 2. The SMILES string of the molecule is C[C@@H](O)[C@H]1C(=O)N2C(C(=O)O)=C(COc3cccc4sc5ccccc5c34)[C@H](C)[C@H]12.